The maximum absolute atomic E-state index is 12.8. The quantitative estimate of drug-likeness (QED) is 0.841. The van der Waals surface area contributed by atoms with E-state index >= 15 is 0 Å². The monoisotopic (exact) mass is 360 g/mol. The van der Waals surface area contributed by atoms with Crippen molar-refractivity contribution in [3.05, 3.63) is 36.2 Å². The number of aromatic nitrogens is 3. The normalized spacial score (nSPS) is 22.2. The molecule has 0 unspecified atom stereocenters. The maximum Gasteiger partial charge on any atom is 0.214 e. The van der Waals surface area contributed by atoms with Crippen LogP contribution >= 0.6 is 0 Å². The van der Waals surface area contributed by atoms with E-state index in [9.17, 15) is 8.42 Å². The Bertz CT molecular complexity index is 841. The third kappa shape index (κ3) is 3.22. The minimum Gasteiger partial charge on any atom is -0.306 e. The van der Waals surface area contributed by atoms with Crippen LogP contribution in [-0.2, 0) is 16.6 Å². The number of sulfonamides is 1. The lowest BCUT2D eigenvalue weighted by Gasteiger charge is -2.32. The molecule has 1 aromatic heterocycles. The molecule has 1 aliphatic heterocycles. The van der Waals surface area contributed by atoms with Crippen LogP contribution in [0, 0.1) is 5.92 Å². The highest BCUT2D eigenvalue weighted by Gasteiger charge is 2.35. The zero-order valence-electron chi connectivity index (χ0n) is 14.5. The Balaban J connectivity index is 1.59. The summed E-state index contributed by atoms with van der Waals surface area (Å²) in [7, 11) is -3.25. The first-order chi connectivity index (χ1) is 12.0. The number of nitrogens with zero attached hydrogens (tertiary/aromatic N) is 4. The Morgan fingerprint density at radius 1 is 1.12 bits per heavy atom. The van der Waals surface area contributed by atoms with E-state index in [1.165, 1.54) is 0 Å². The van der Waals surface area contributed by atoms with Crippen molar-refractivity contribution in [1.82, 2.24) is 19.1 Å². The molecular formula is C18H24N4O2S. The third-order valence-electron chi connectivity index (χ3n) is 5.34. The first-order valence-electron chi connectivity index (χ1n) is 9.01. The molecule has 4 rings (SSSR count). The van der Waals surface area contributed by atoms with Gasteiger partial charge in [0.25, 0.3) is 0 Å². The molecule has 0 radical (unpaired) electrons. The van der Waals surface area contributed by atoms with Gasteiger partial charge in [-0.25, -0.2) is 8.42 Å². The van der Waals surface area contributed by atoms with E-state index in [0.29, 0.717) is 19.0 Å². The van der Waals surface area contributed by atoms with Gasteiger partial charge in [0.1, 0.15) is 5.82 Å². The highest BCUT2D eigenvalue weighted by molar-refractivity contribution is 7.89. The summed E-state index contributed by atoms with van der Waals surface area (Å²) in [6.45, 7) is 2.84. The third-order valence-corrected chi connectivity index (χ3v) is 7.30. The summed E-state index contributed by atoms with van der Waals surface area (Å²) < 4.78 is 29.4. The Labute approximate surface area is 148 Å². The fourth-order valence-corrected chi connectivity index (χ4v) is 5.96. The topological polar surface area (TPSA) is 68.1 Å². The van der Waals surface area contributed by atoms with Crippen LogP contribution in [0.5, 0.6) is 0 Å². The molecule has 1 fully saturated rings. The number of benzene rings is 1. The van der Waals surface area contributed by atoms with Gasteiger partial charge in [0.2, 0.25) is 10.0 Å². The predicted octanol–water partition coefficient (Wildman–Crippen LogP) is 2.84. The van der Waals surface area contributed by atoms with Gasteiger partial charge in [-0.15, -0.1) is 10.2 Å². The molecule has 1 atom stereocenters. The average molecular weight is 360 g/mol. The molecule has 0 N–H and O–H groups in total. The van der Waals surface area contributed by atoms with E-state index in [0.717, 1.165) is 42.9 Å². The molecule has 2 aromatic rings. The van der Waals surface area contributed by atoms with Crippen LogP contribution in [0.3, 0.4) is 0 Å². The first-order valence-corrected chi connectivity index (χ1v) is 10.6. The van der Waals surface area contributed by atoms with E-state index in [2.05, 4.69) is 14.8 Å². The Kier molecular flexibility index (Phi) is 4.37. The number of hydrogen-bond acceptors (Lipinski definition) is 4. The van der Waals surface area contributed by atoms with Crippen LogP contribution in [-0.4, -0.2) is 39.8 Å². The van der Waals surface area contributed by atoms with Gasteiger partial charge < -0.3 is 4.57 Å². The van der Waals surface area contributed by atoms with Crippen molar-refractivity contribution in [2.45, 2.75) is 45.2 Å². The molecule has 6 nitrogen and oxygen atoms in total. The summed E-state index contributed by atoms with van der Waals surface area (Å²) in [4.78, 5) is 0. The molecule has 0 saturated heterocycles. The summed E-state index contributed by atoms with van der Waals surface area (Å²) in [6, 6.07) is 9.96. The SMILES string of the molecule is C[C@H]1CN(S(=O)(=O)CC2CCCC2)Cc2nnc(-c3ccccc3)n21. The van der Waals surface area contributed by atoms with E-state index < -0.39 is 10.0 Å². The summed E-state index contributed by atoms with van der Waals surface area (Å²) in [5.41, 5.74) is 1.01. The van der Waals surface area contributed by atoms with Crippen LogP contribution in [0.1, 0.15) is 44.5 Å². The van der Waals surface area contributed by atoms with Gasteiger partial charge in [-0.1, -0.05) is 43.2 Å². The molecule has 25 heavy (non-hydrogen) atoms. The highest BCUT2D eigenvalue weighted by Crippen LogP contribution is 2.31. The summed E-state index contributed by atoms with van der Waals surface area (Å²) >= 11 is 0. The van der Waals surface area contributed by atoms with Crippen molar-refractivity contribution < 1.29 is 8.42 Å². The molecule has 134 valence electrons. The van der Waals surface area contributed by atoms with Crippen molar-refractivity contribution in [2.75, 3.05) is 12.3 Å². The van der Waals surface area contributed by atoms with Gasteiger partial charge in [0.15, 0.2) is 5.82 Å². The van der Waals surface area contributed by atoms with Crippen molar-refractivity contribution in [2.24, 2.45) is 5.92 Å². The molecule has 0 spiro atoms. The first kappa shape index (κ1) is 16.7. The lowest BCUT2D eigenvalue weighted by atomic mass is 10.1. The van der Waals surface area contributed by atoms with Crippen molar-refractivity contribution in [1.29, 1.82) is 0 Å². The van der Waals surface area contributed by atoms with E-state index in [1.54, 1.807) is 4.31 Å². The summed E-state index contributed by atoms with van der Waals surface area (Å²) in [6.07, 6.45) is 4.39. The fourth-order valence-electron chi connectivity index (χ4n) is 4.07. The van der Waals surface area contributed by atoms with E-state index in [-0.39, 0.29) is 11.8 Å². The van der Waals surface area contributed by atoms with Gasteiger partial charge in [-0.2, -0.15) is 4.31 Å². The van der Waals surface area contributed by atoms with Gasteiger partial charge in [-0.05, 0) is 25.7 Å². The van der Waals surface area contributed by atoms with Crippen LogP contribution in [0.2, 0.25) is 0 Å². The van der Waals surface area contributed by atoms with Crippen molar-refractivity contribution >= 4 is 10.0 Å². The highest BCUT2D eigenvalue weighted by atomic mass is 32.2. The summed E-state index contributed by atoms with van der Waals surface area (Å²) in [5.74, 6) is 2.14. The molecular weight excluding hydrogens is 336 g/mol. The second kappa shape index (κ2) is 6.53. The fraction of sp³-hybridized carbons (Fsp3) is 0.556. The van der Waals surface area contributed by atoms with Gasteiger partial charge in [0, 0.05) is 18.2 Å². The minimum absolute atomic E-state index is 0.0207. The lowest BCUT2D eigenvalue weighted by molar-refractivity contribution is 0.291. The van der Waals surface area contributed by atoms with Crippen LogP contribution in [0.4, 0.5) is 0 Å². The largest absolute Gasteiger partial charge is 0.306 e. The van der Waals surface area contributed by atoms with Crippen LogP contribution < -0.4 is 0 Å². The molecule has 1 saturated carbocycles. The Hall–Kier alpha value is -1.73. The maximum atomic E-state index is 12.8. The zero-order chi connectivity index (χ0) is 17.4. The molecule has 1 aliphatic carbocycles. The standard InChI is InChI=1S/C18H24N4O2S/c1-14-11-21(25(23,24)13-15-7-5-6-8-15)12-17-19-20-18(22(14)17)16-9-3-2-4-10-16/h2-4,9-10,14-15H,5-8,11-13H2,1H3/t14-/m0/s1. The molecule has 7 heteroatoms. The van der Waals surface area contributed by atoms with Crippen LogP contribution in [0.15, 0.2) is 30.3 Å². The van der Waals surface area contributed by atoms with Crippen molar-refractivity contribution in [3.63, 3.8) is 0 Å². The van der Waals surface area contributed by atoms with Gasteiger partial charge >= 0.3 is 0 Å². The predicted molar refractivity (Wildman–Crippen MR) is 96.3 cm³/mol. The molecule has 1 aromatic carbocycles. The van der Waals surface area contributed by atoms with Gasteiger partial charge in [-0.3, -0.25) is 0 Å². The average Bonchev–Trinajstić information content (AvgIpc) is 3.25. The van der Waals surface area contributed by atoms with Crippen LogP contribution in [0.25, 0.3) is 11.4 Å². The molecule has 0 bridgehead atoms. The number of hydrogen-bond donors (Lipinski definition) is 0. The minimum atomic E-state index is -3.25. The second-order valence-corrected chi connectivity index (χ2v) is 9.26. The summed E-state index contributed by atoms with van der Waals surface area (Å²) in [5, 5.41) is 8.62. The Morgan fingerprint density at radius 2 is 1.84 bits per heavy atom. The van der Waals surface area contributed by atoms with E-state index in [1.807, 2.05) is 37.3 Å². The second-order valence-electron chi connectivity index (χ2n) is 7.25. The smallest absolute Gasteiger partial charge is 0.214 e. The zero-order valence-corrected chi connectivity index (χ0v) is 15.3. The Morgan fingerprint density at radius 3 is 2.56 bits per heavy atom. The van der Waals surface area contributed by atoms with Gasteiger partial charge in [0.05, 0.1) is 12.3 Å². The van der Waals surface area contributed by atoms with E-state index in [4.69, 9.17) is 0 Å². The van der Waals surface area contributed by atoms with Crippen molar-refractivity contribution in [3.8, 4) is 11.4 Å². The lowest BCUT2D eigenvalue weighted by Crippen LogP contribution is -2.42. The molecule has 0 amide bonds. The molecule has 2 aliphatic rings. The number of rotatable bonds is 4. The molecule has 2 heterocycles. The number of fused-ring (bicyclic) bond motifs is 1.